The minimum atomic E-state index is -0.677. The number of carbonyl (C=O) groups is 1. The molecule has 0 spiro atoms. The van der Waals surface area contributed by atoms with E-state index in [1.807, 2.05) is 12.1 Å². The smallest absolute Gasteiger partial charge is 0.349 e. The van der Waals surface area contributed by atoms with E-state index in [1.165, 1.54) is 11.6 Å². The highest BCUT2D eigenvalue weighted by molar-refractivity contribution is 5.97. The normalized spacial score (nSPS) is 15.0. The molecule has 2 heterocycles. The standard InChI is InChI=1S/C23H24N2O4/c1-14-9-18-11-19(23(28)29-21(18)12-20(14)26)22(27)25-7-5-16(6-8-25)17-4-2-3-15(10-17)13-24/h2-4,9-12,16,26H,5-8,13,24H2,1H3. The average molecular weight is 392 g/mol. The van der Waals surface area contributed by atoms with Crippen LogP contribution < -0.4 is 11.4 Å². The molecule has 1 saturated heterocycles. The number of hydrogen-bond donors (Lipinski definition) is 2. The molecule has 0 aliphatic carbocycles. The molecule has 1 amide bonds. The van der Waals surface area contributed by atoms with Crippen LogP contribution in [0, 0.1) is 6.92 Å². The van der Waals surface area contributed by atoms with E-state index in [0.717, 1.165) is 18.4 Å². The van der Waals surface area contributed by atoms with E-state index < -0.39 is 5.63 Å². The van der Waals surface area contributed by atoms with E-state index in [9.17, 15) is 14.7 Å². The van der Waals surface area contributed by atoms with Crippen LogP contribution in [0.15, 0.2) is 51.7 Å². The molecular formula is C23H24N2O4. The highest BCUT2D eigenvalue weighted by Crippen LogP contribution is 2.29. The van der Waals surface area contributed by atoms with Gasteiger partial charge in [0, 0.05) is 31.1 Å². The number of phenolic OH excluding ortho intramolecular Hbond substituents is 1. The van der Waals surface area contributed by atoms with Gasteiger partial charge >= 0.3 is 5.63 Å². The maximum atomic E-state index is 13.0. The Morgan fingerprint density at radius 1 is 1.21 bits per heavy atom. The molecule has 3 aromatic rings. The first-order valence-corrected chi connectivity index (χ1v) is 9.82. The number of nitrogens with zero attached hydrogens (tertiary/aromatic N) is 1. The van der Waals surface area contributed by atoms with Crippen LogP contribution in [0.2, 0.25) is 0 Å². The van der Waals surface area contributed by atoms with Gasteiger partial charge < -0.3 is 20.2 Å². The molecule has 0 bridgehead atoms. The molecule has 6 heteroatoms. The Morgan fingerprint density at radius 2 is 1.97 bits per heavy atom. The lowest BCUT2D eigenvalue weighted by molar-refractivity contribution is 0.0709. The number of likely N-dealkylation sites (tertiary alicyclic amines) is 1. The summed E-state index contributed by atoms with van der Waals surface area (Å²) in [5.41, 5.74) is 8.38. The van der Waals surface area contributed by atoms with Gasteiger partial charge in [-0.15, -0.1) is 0 Å². The van der Waals surface area contributed by atoms with Crippen molar-refractivity contribution >= 4 is 16.9 Å². The van der Waals surface area contributed by atoms with E-state index in [-0.39, 0.29) is 22.8 Å². The molecule has 3 N–H and O–H groups in total. The maximum absolute atomic E-state index is 13.0. The first kappa shape index (κ1) is 19.2. The largest absolute Gasteiger partial charge is 0.508 e. The predicted molar refractivity (Wildman–Crippen MR) is 111 cm³/mol. The number of rotatable bonds is 3. The number of benzene rings is 2. The summed E-state index contributed by atoms with van der Waals surface area (Å²) in [6, 6.07) is 13.0. The van der Waals surface area contributed by atoms with Crippen molar-refractivity contribution in [2.45, 2.75) is 32.2 Å². The van der Waals surface area contributed by atoms with Crippen LogP contribution in [-0.2, 0) is 6.54 Å². The predicted octanol–water partition coefficient (Wildman–Crippen LogP) is 3.29. The zero-order valence-electron chi connectivity index (χ0n) is 16.4. The molecule has 0 saturated carbocycles. The van der Waals surface area contributed by atoms with Gasteiger partial charge in [0.2, 0.25) is 0 Å². The summed E-state index contributed by atoms with van der Waals surface area (Å²) in [5.74, 6) is 0.130. The summed E-state index contributed by atoms with van der Waals surface area (Å²) >= 11 is 0. The van der Waals surface area contributed by atoms with E-state index in [0.29, 0.717) is 36.5 Å². The summed E-state index contributed by atoms with van der Waals surface area (Å²) < 4.78 is 5.28. The average Bonchev–Trinajstić information content (AvgIpc) is 2.74. The molecule has 6 nitrogen and oxygen atoms in total. The summed E-state index contributed by atoms with van der Waals surface area (Å²) in [5, 5.41) is 10.4. The lowest BCUT2D eigenvalue weighted by atomic mass is 9.88. The van der Waals surface area contributed by atoms with Crippen LogP contribution in [0.1, 0.15) is 45.8 Å². The van der Waals surface area contributed by atoms with Crippen molar-refractivity contribution in [2.24, 2.45) is 5.73 Å². The Labute approximate surface area is 168 Å². The second-order valence-corrected chi connectivity index (χ2v) is 7.64. The fourth-order valence-electron chi connectivity index (χ4n) is 3.98. The Hall–Kier alpha value is -3.12. The zero-order chi connectivity index (χ0) is 20.5. The van der Waals surface area contributed by atoms with Gasteiger partial charge in [0.05, 0.1) is 0 Å². The van der Waals surface area contributed by atoms with E-state index in [4.69, 9.17) is 10.2 Å². The Balaban J connectivity index is 1.53. The number of hydrogen-bond acceptors (Lipinski definition) is 5. The molecule has 0 unspecified atom stereocenters. The molecule has 2 aromatic carbocycles. The molecule has 1 fully saturated rings. The third-order valence-electron chi connectivity index (χ3n) is 5.72. The minimum Gasteiger partial charge on any atom is -0.508 e. The monoisotopic (exact) mass is 392 g/mol. The Morgan fingerprint density at radius 3 is 2.69 bits per heavy atom. The van der Waals surface area contributed by atoms with Crippen LogP contribution in [0.25, 0.3) is 11.0 Å². The number of aryl methyl sites for hydroxylation is 1. The van der Waals surface area contributed by atoms with Gasteiger partial charge in [-0.1, -0.05) is 24.3 Å². The van der Waals surface area contributed by atoms with Gasteiger partial charge in [-0.3, -0.25) is 4.79 Å². The quantitative estimate of drug-likeness (QED) is 0.667. The van der Waals surface area contributed by atoms with Gasteiger partial charge in [-0.2, -0.15) is 0 Å². The fraction of sp³-hybridized carbons (Fsp3) is 0.304. The molecular weight excluding hydrogens is 368 g/mol. The van der Waals surface area contributed by atoms with Gasteiger partial charge in [0.15, 0.2) is 0 Å². The van der Waals surface area contributed by atoms with E-state index >= 15 is 0 Å². The summed E-state index contributed by atoms with van der Waals surface area (Å²) in [6.45, 7) is 3.44. The van der Waals surface area contributed by atoms with Gasteiger partial charge in [-0.05, 0) is 54.5 Å². The third-order valence-corrected chi connectivity index (χ3v) is 5.72. The van der Waals surface area contributed by atoms with E-state index in [2.05, 4.69) is 12.1 Å². The third kappa shape index (κ3) is 3.76. The molecule has 0 atom stereocenters. The summed E-state index contributed by atoms with van der Waals surface area (Å²) in [4.78, 5) is 27.0. The first-order valence-electron chi connectivity index (χ1n) is 9.82. The van der Waals surface area contributed by atoms with Crippen LogP contribution in [0.4, 0.5) is 0 Å². The Bertz CT molecular complexity index is 1130. The van der Waals surface area contributed by atoms with Gasteiger partial charge in [-0.25, -0.2) is 4.79 Å². The van der Waals surface area contributed by atoms with Crippen LogP contribution in [0.3, 0.4) is 0 Å². The number of carbonyl (C=O) groups excluding carboxylic acids is 1. The fourth-order valence-corrected chi connectivity index (χ4v) is 3.98. The second kappa shape index (κ2) is 7.72. The number of fused-ring (bicyclic) bond motifs is 1. The van der Waals surface area contributed by atoms with Crippen molar-refractivity contribution in [1.82, 2.24) is 4.90 Å². The SMILES string of the molecule is Cc1cc2cc(C(=O)N3CCC(c4cccc(CN)c4)CC3)c(=O)oc2cc1O. The highest BCUT2D eigenvalue weighted by Gasteiger charge is 2.27. The zero-order valence-corrected chi connectivity index (χ0v) is 16.4. The number of nitrogens with two attached hydrogens (primary N) is 1. The van der Waals surface area contributed by atoms with Crippen molar-refractivity contribution < 1.29 is 14.3 Å². The van der Waals surface area contributed by atoms with E-state index in [1.54, 1.807) is 24.0 Å². The van der Waals surface area contributed by atoms with Crippen molar-refractivity contribution in [3.8, 4) is 5.75 Å². The summed E-state index contributed by atoms with van der Waals surface area (Å²) in [7, 11) is 0. The molecule has 1 aliphatic rings. The van der Waals surface area contributed by atoms with Crippen LogP contribution in [-0.4, -0.2) is 29.0 Å². The van der Waals surface area contributed by atoms with Crippen molar-refractivity contribution in [1.29, 1.82) is 0 Å². The van der Waals surface area contributed by atoms with Crippen molar-refractivity contribution in [2.75, 3.05) is 13.1 Å². The lowest BCUT2D eigenvalue weighted by Gasteiger charge is -2.32. The second-order valence-electron chi connectivity index (χ2n) is 7.64. The molecule has 150 valence electrons. The number of amides is 1. The molecule has 1 aliphatic heterocycles. The maximum Gasteiger partial charge on any atom is 0.349 e. The van der Waals surface area contributed by atoms with Gasteiger partial charge in [0.1, 0.15) is 16.9 Å². The number of piperidine rings is 1. The Kier molecular flexibility index (Phi) is 5.11. The van der Waals surface area contributed by atoms with Crippen LogP contribution in [0.5, 0.6) is 5.75 Å². The molecule has 4 rings (SSSR count). The minimum absolute atomic E-state index is 0.0335. The van der Waals surface area contributed by atoms with Crippen molar-refractivity contribution in [3.63, 3.8) is 0 Å². The number of phenols is 1. The summed E-state index contributed by atoms with van der Waals surface area (Å²) in [6.07, 6.45) is 1.68. The van der Waals surface area contributed by atoms with Crippen LogP contribution >= 0.6 is 0 Å². The highest BCUT2D eigenvalue weighted by atomic mass is 16.4. The molecule has 29 heavy (non-hydrogen) atoms. The molecule has 0 radical (unpaired) electrons. The molecule has 1 aromatic heterocycles. The lowest BCUT2D eigenvalue weighted by Crippen LogP contribution is -2.39. The van der Waals surface area contributed by atoms with Crippen molar-refractivity contribution in [3.05, 3.63) is 75.1 Å². The van der Waals surface area contributed by atoms with Gasteiger partial charge in [0.25, 0.3) is 5.91 Å². The topological polar surface area (TPSA) is 96.8 Å². The first-order chi connectivity index (χ1) is 14.0. The number of aromatic hydroxyl groups is 1.